The first kappa shape index (κ1) is 16.1. The number of hydrogen-bond acceptors (Lipinski definition) is 3. The molecule has 3 aromatic carbocycles. The zero-order valence-corrected chi connectivity index (χ0v) is 14.4. The van der Waals surface area contributed by atoms with Crippen molar-refractivity contribution in [3.63, 3.8) is 0 Å². The first-order valence-electron chi connectivity index (χ1n) is 8.46. The molecule has 0 aliphatic heterocycles. The number of fused-ring (bicyclic) bond motifs is 3. The Balaban J connectivity index is 1.55. The smallest absolute Gasteiger partial charge is 0.262 e. The van der Waals surface area contributed by atoms with Gasteiger partial charge in [-0.1, -0.05) is 54.1 Å². The summed E-state index contributed by atoms with van der Waals surface area (Å²) < 4.78 is 5.55. The molecule has 0 aliphatic carbocycles. The van der Waals surface area contributed by atoms with Crippen molar-refractivity contribution in [2.45, 2.75) is 6.92 Å². The third kappa shape index (κ3) is 3.22. The number of anilines is 1. The fraction of sp³-hybridized carbons (Fsp3) is 0.0909. The Morgan fingerprint density at radius 2 is 1.77 bits per heavy atom. The van der Waals surface area contributed by atoms with Crippen LogP contribution in [0.15, 0.2) is 72.9 Å². The molecule has 1 N–H and O–H groups in total. The average Bonchev–Trinajstić information content (AvgIpc) is 2.67. The highest BCUT2D eigenvalue weighted by Gasteiger charge is 2.09. The summed E-state index contributed by atoms with van der Waals surface area (Å²) in [7, 11) is 0. The highest BCUT2D eigenvalue weighted by Crippen LogP contribution is 2.28. The van der Waals surface area contributed by atoms with E-state index < -0.39 is 0 Å². The van der Waals surface area contributed by atoms with Crippen LogP contribution in [0.2, 0.25) is 0 Å². The second-order valence-electron chi connectivity index (χ2n) is 6.19. The van der Waals surface area contributed by atoms with Crippen molar-refractivity contribution in [1.29, 1.82) is 0 Å². The molecule has 1 amide bonds. The van der Waals surface area contributed by atoms with Gasteiger partial charge in [-0.3, -0.25) is 9.78 Å². The van der Waals surface area contributed by atoms with Crippen molar-refractivity contribution in [3.8, 4) is 5.75 Å². The third-order valence-corrected chi connectivity index (χ3v) is 4.30. The number of carbonyl (C=O) groups is 1. The summed E-state index contributed by atoms with van der Waals surface area (Å²) in [5.41, 5.74) is 2.76. The quantitative estimate of drug-likeness (QED) is 0.546. The van der Waals surface area contributed by atoms with E-state index in [4.69, 9.17) is 4.74 Å². The lowest BCUT2D eigenvalue weighted by atomic mass is 10.1. The molecule has 0 atom stereocenters. The Morgan fingerprint density at radius 3 is 2.62 bits per heavy atom. The first-order chi connectivity index (χ1) is 12.7. The minimum atomic E-state index is -0.203. The summed E-state index contributed by atoms with van der Waals surface area (Å²) in [6.45, 7) is 1.97. The van der Waals surface area contributed by atoms with E-state index in [9.17, 15) is 4.79 Å². The standard InChI is InChI=1S/C22H18N2O2/c1-15-6-9-17(10-7-15)26-14-21(25)24-20-12-13-23-22-18-5-3-2-4-16(18)8-11-19(20)22/h2-13H,14H2,1H3,(H,23,24,25). The number of nitrogens with zero attached hydrogens (tertiary/aromatic N) is 1. The topological polar surface area (TPSA) is 51.2 Å². The minimum Gasteiger partial charge on any atom is -0.484 e. The van der Waals surface area contributed by atoms with Gasteiger partial charge >= 0.3 is 0 Å². The van der Waals surface area contributed by atoms with Crippen LogP contribution in [-0.4, -0.2) is 17.5 Å². The monoisotopic (exact) mass is 342 g/mol. The van der Waals surface area contributed by atoms with Gasteiger partial charge in [0.15, 0.2) is 6.61 Å². The van der Waals surface area contributed by atoms with Gasteiger partial charge in [-0.2, -0.15) is 0 Å². The van der Waals surface area contributed by atoms with Crippen LogP contribution in [0.3, 0.4) is 0 Å². The number of carbonyl (C=O) groups excluding carboxylic acids is 1. The first-order valence-corrected chi connectivity index (χ1v) is 8.46. The number of nitrogens with one attached hydrogen (secondary N) is 1. The largest absolute Gasteiger partial charge is 0.484 e. The lowest BCUT2D eigenvalue weighted by Gasteiger charge is -2.11. The van der Waals surface area contributed by atoms with Crippen LogP contribution in [0.4, 0.5) is 5.69 Å². The van der Waals surface area contributed by atoms with E-state index in [2.05, 4.69) is 16.4 Å². The number of hydrogen-bond donors (Lipinski definition) is 1. The van der Waals surface area contributed by atoms with Crippen LogP contribution in [0.5, 0.6) is 5.75 Å². The van der Waals surface area contributed by atoms with Gasteiger partial charge in [0, 0.05) is 17.0 Å². The van der Waals surface area contributed by atoms with E-state index in [-0.39, 0.29) is 12.5 Å². The van der Waals surface area contributed by atoms with E-state index in [0.717, 1.165) is 32.9 Å². The molecule has 128 valence electrons. The van der Waals surface area contributed by atoms with Gasteiger partial charge < -0.3 is 10.1 Å². The van der Waals surface area contributed by atoms with E-state index in [1.807, 2.05) is 61.5 Å². The van der Waals surface area contributed by atoms with Gasteiger partial charge in [0.05, 0.1) is 11.2 Å². The molecular weight excluding hydrogens is 324 g/mol. The highest BCUT2D eigenvalue weighted by molar-refractivity contribution is 6.11. The van der Waals surface area contributed by atoms with Gasteiger partial charge in [0.2, 0.25) is 0 Å². The second kappa shape index (κ2) is 6.84. The van der Waals surface area contributed by atoms with Gasteiger partial charge in [-0.15, -0.1) is 0 Å². The molecule has 0 radical (unpaired) electrons. The van der Waals surface area contributed by atoms with E-state index in [0.29, 0.717) is 5.75 Å². The number of aryl methyl sites for hydroxylation is 1. The average molecular weight is 342 g/mol. The molecule has 0 saturated heterocycles. The van der Waals surface area contributed by atoms with E-state index >= 15 is 0 Å². The molecule has 0 fully saturated rings. The maximum absolute atomic E-state index is 12.3. The normalized spacial score (nSPS) is 10.8. The van der Waals surface area contributed by atoms with Crippen LogP contribution in [-0.2, 0) is 4.79 Å². The number of amides is 1. The summed E-state index contributed by atoms with van der Waals surface area (Å²) in [5, 5.41) is 6.03. The maximum Gasteiger partial charge on any atom is 0.262 e. The molecule has 0 aliphatic rings. The van der Waals surface area contributed by atoms with Crippen LogP contribution in [0, 0.1) is 6.92 Å². The van der Waals surface area contributed by atoms with Crippen molar-refractivity contribution in [3.05, 3.63) is 78.5 Å². The van der Waals surface area contributed by atoms with Gasteiger partial charge in [-0.25, -0.2) is 0 Å². The molecular formula is C22H18N2O2. The van der Waals surface area contributed by atoms with Crippen molar-refractivity contribution in [2.24, 2.45) is 0 Å². The summed E-state index contributed by atoms with van der Waals surface area (Å²) in [6, 6.07) is 21.5. The maximum atomic E-state index is 12.3. The predicted molar refractivity (Wildman–Crippen MR) is 105 cm³/mol. The van der Waals surface area contributed by atoms with Gasteiger partial charge in [-0.05, 0) is 30.5 Å². The zero-order chi connectivity index (χ0) is 17.9. The number of rotatable bonds is 4. The number of ether oxygens (including phenoxy) is 1. The number of aromatic nitrogens is 1. The Labute approximate surface area is 151 Å². The van der Waals surface area contributed by atoms with Crippen molar-refractivity contribution in [2.75, 3.05) is 11.9 Å². The number of benzene rings is 3. The summed E-state index contributed by atoms with van der Waals surface area (Å²) >= 11 is 0. The lowest BCUT2D eigenvalue weighted by molar-refractivity contribution is -0.118. The molecule has 0 spiro atoms. The van der Waals surface area contributed by atoms with Crippen molar-refractivity contribution in [1.82, 2.24) is 4.98 Å². The van der Waals surface area contributed by atoms with Crippen LogP contribution in [0.1, 0.15) is 5.56 Å². The molecule has 0 bridgehead atoms. The second-order valence-corrected chi connectivity index (χ2v) is 6.19. The molecule has 4 nitrogen and oxygen atoms in total. The summed E-state index contributed by atoms with van der Waals surface area (Å²) in [6.07, 6.45) is 1.71. The molecule has 4 heteroatoms. The fourth-order valence-corrected chi connectivity index (χ4v) is 2.97. The van der Waals surface area contributed by atoms with Gasteiger partial charge in [0.1, 0.15) is 5.75 Å². The molecule has 0 unspecified atom stereocenters. The number of pyridine rings is 1. The SMILES string of the molecule is Cc1ccc(OCC(=O)Nc2ccnc3c2ccc2ccccc23)cc1. The molecule has 26 heavy (non-hydrogen) atoms. The van der Waals surface area contributed by atoms with Crippen molar-refractivity contribution < 1.29 is 9.53 Å². The zero-order valence-electron chi connectivity index (χ0n) is 14.4. The Morgan fingerprint density at radius 1 is 0.962 bits per heavy atom. The fourth-order valence-electron chi connectivity index (χ4n) is 2.97. The molecule has 0 saturated carbocycles. The van der Waals surface area contributed by atoms with Crippen LogP contribution < -0.4 is 10.1 Å². The highest BCUT2D eigenvalue weighted by atomic mass is 16.5. The predicted octanol–water partition coefficient (Wildman–Crippen LogP) is 4.71. The Kier molecular flexibility index (Phi) is 4.23. The van der Waals surface area contributed by atoms with Gasteiger partial charge in [0.25, 0.3) is 5.91 Å². The van der Waals surface area contributed by atoms with E-state index in [1.165, 1.54) is 0 Å². The molecule has 4 aromatic rings. The molecule has 1 heterocycles. The third-order valence-electron chi connectivity index (χ3n) is 4.30. The van der Waals surface area contributed by atoms with Crippen LogP contribution in [0.25, 0.3) is 21.7 Å². The summed E-state index contributed by atoms with van der Waals surface area (Å²) in [5.74, 6) is 0.475. The Hall–Kier alpha value is -3.40. The molecule has 4 rings (SSSR count). The van der Waals surface area contributed by atoms with Crippen molar-refractivity contribution >= 4 is 33.3 Å². The van der Waals surface area contributed by atoms with Crippen LogP contribution >= 0.6 is 0 Å². The summed E-state index contributed by atoms with van der Waals surface area (Å²) in [4.78, 5) is 16.8. The lowest BCUT2D eigenvalue weighted by Crippen LogP contribution is -2.20. The minimum absolute atomic E-state index is 0.0412. The Bertz CT molecular complexity index is 1090. The van der Waals surface area contributed by atoms with E-state index in [1.54, 1.807) is 12.3 Å². The molecule has 1 aromatic heterocycles.